The predicted octanol–water partition coefficient (Wildman–Crippen LogP) is 1.44. The zero-order valence-electron chi connectivity index (χ0n) is 7.67. The standard InChI is InChI=1S/C9H12ClFN2O/c1-4(12)9(14)6-2-5(11)3-7(10)8(6)13/h2-4,9,14H,12-13H2,1H3/t4-,9-/m1/s1. The van der Waals surface area contributed by atoms with Crippen LogP contribution >= 0.6 is 11.6 Å². The summed E-state index contributed by atoms with van der Waals surface area (Å²) in [5.74, 6) is -0.543. The fraction of sp³-hybridized carbons (Fsp3) is 0.333. The highest BCUT2D eigenvalue weighted by molar-refractivity contribution is 6.33. The number of halogens is 2. The van der Waals surface area contributed by atoms with Crippen LogP contribution in [-0.4, -0.2) is 11.1 Å². The fourth-order valence-electron chi connectivity index (χ4n) is 1.13. The molecule has 0 aromatic heterocycles. The summed E-state index contributed by atoms with van der Waals surface area (Å²) in [6, 6.07) is 1.69. The Bertz CT molecular complexity index is 344. The molecule has 5 heteroatoms. The number of aliphatic hydroxyl groups excluding tert-OH is 1. The van der Waals surface area contributed by atoms with Crippen molar-refractivity contribution in [1.29, 1.82) is 0 Å². The molecule has 0 amide bonds. The maximum Gasteiger partial charge on any atom is 0.125 e. The van der Waals surface area contributed by atoms with Gasteiger partial charge < -0.3 is 16.6 Å². The maximum atomic E-state index is 12.9. The molecule has 1 rings (SSSR count). The molecular formula is C9H12ClFN2O. The lowest BCUT2D eigenvalue weighted by atomic mass is 10.0. The van der Waals surface area contributed by atoms with Crippen LogP contribution in [0.1, 0.15) is 18.6 Å². The highest BCUT2D eigenvalue weighted by atomic mass is 35.5. The van der Waals surface area contributed by atoms with Crippen molar-refractivity contribution in [3.63, 3.8) is 0 Å². The number of benzene rings is 1. The number of anilines is 1. The first-order chi connectivity index (χ1) is 6.43. The fourth-order valence-corrected chi connectivity index (χ4v) is 1.35. The molecule has 0 bridgehead atoms. The summed E-state index contributed by atoms with van der Waals surface area (Å²) in [6.45, 7) is 1.60. The molecule has 0 fully saturated rings. The van der Waals surface area contributed by atoms with Crippen LogP contribution in [0.2, 0.25) is 5.02 Å². The van der Waals surface area contributed by atoms with E-state index in [1.807, 2.05) is 0 Å². The van der Waals surface area contributed by atoms with E-state index in [0.29, 0.717) is 0 Å². The molecule has 78 valence electrons. The monoisotopic (exact) mass is 218 g/mol. The van der Waals surface area contributed by atoms with Crippen LogP contribution in [0, 0.1) is 5.82 Å². The van der Waals surface area contributed by atoms with Gasteiger partial charge in [-0.2, -0.15) is 0 Å². The van der Waals surface area contributed by atoms with Crippen molar-refractivity contribution >= 4 is 17.3 Å². The van der Waals surface area contributed by atoms with Gasteiger partial charge in [-0.05, 0) is 19.1 Å². The maximum absolute atomic E-state index is 12.9. The first-order valence-electron chi connectivity index (χ1n) is 4.11. The lowest BCUT2D eigenvalue weighted by Gasteiger charge is -2.17. The minimum absolute atomic E-state index is 0.0831. The van der Waals surface area contributed by atoms with E-state index in [2.05, 4.69) is 0 Å². The van der Waals surface area contributed by atoms with Gasteiger partial charge in [0.2, 0.25) is 0 Å². The van der Waals surface area contributed by atoms with Gasteiger partial charge >= 0.3 is 0 Å². The third kappa shape index (κ3) is 2.15. The molecule has 5 N–H and O–H groups in total. The van der Waals surface area contributed by atoms with E-state index in [9.17, 15) is 9.50 Å². The summed E-state index contributed by atoms with van der Waals surface area (Å²) < 4.78 is 12.9. The number of aliphatic hydroxyl groups is 1. The molecule has 0 aliphatic rings. The van der Waals surface area contributed by atoms with Crippen molar-refractivity contribution in [3.05, 3.63) is 28.5 Å². The van der Waals surface area contributed by atoms with Gasteiger partial charge in [0, 0.05) is 11.6 Å². The molecule has 0 radical (unpaired) electrons. The van der Waals surface area contributed by atoms with Crippen molar-refractivity contribution in [1.82, 2.24) is 0 Å². The highest BCUT2D eigenvalue weighted by Crippen LogP contribution is 2.29. The molecule has 0 unspecified atom stereocenters. The average Bonchev–Trinajstić information content (AvgIpc) is 2.09. The van der Waals surface area contributed by atoms with Gasteiger partial charge in [-0.1, -0.05) is 11.6 Å². The van der Waals surface area contributed by atoms with Crippen LogP contribution in [0.4, 0.5) is 10.1 Å². The first kappa shape index (κ1) is 11.2. The summed E-state index contributed by atoms with van der Waals surface area (Å²) in [5.41, 5.74) is 11.4. The van der Waals surface area contributed by atoms with Gasteiger partial charge in [-0.3, -0.25) is 0 Å². The van der Waals surface area contributed by atoms with Crippen molar-refractivity contribution < 1.29 is 9.50 Å². The Labute approximate surface area is 86.5 Å². The molecule has 0 saturated heterocycles. The van der Waals surface area contributed by atoms with E-state index in [-0.39, 0.29) is 16.3 Å². The van der Waals surface area contributed by atoms with E-state index in [1.54, 1.807) is 6.92 Å². The number of nitrogen functional groups attached to an aromatic ring is 1. The molecule has 0 aliphatic heterocycles. The molecule has 0 aliphatic carbocycles. The quantitative estimate of drug-likeness (QED) is 0.658. The van der Waals surface area contributed by atoms with Gasteiger partial charge in [0.25, 0.3) is 0 Å². The van der Waals surface area contributed by atoms with Gasteiger partial charge in [0.05, 0.1) is 16.8 Å². The summed E-state index contributed by atoms with van der Waals surface area (Å²) >= 11 is 5.65. The largest absolute Gasteiger partial charge is 0.397 e. The SMILES string of the molecule is C[C@@H](N)[C@@H](O)c1cc(F)cc(Cl)c1N. The normalized spacial score (nSPS) is 15.2. The molecule has 2 atom stereocenters. The Hall–Kier alpha value is -0.840. The zero-order valence-corrected chi connectivity index (χ0v) is 8.42. The second kappa shape index (κ2) is 4.13. The van der Waals surface area contributed by atoms with Crippen LogP contribution in [0.25, 0.3) is 0 Å². The van der Waals surface area contributed by atoms with Gasteiger partial charge in [0.15, 0.2) is 0 Å². The van der Waals surface area contributed by atoms with Crippen LogP contribution in [0.5, 0.6) is 0 Å². The van der Waals surface area contributed by atoms with Crippen molar-refractivity contribution in [3.8, 4) is 0 Å². The lowest BCUT2D eigenvalue weighted by molar-refractivity contribution is 0.153. The van der Waals surface area contributed by atoms with Gasteiger partial charge in [0.1, 0.15) is 5.82 Å². The molecule has 0 heterocycles. The number of hydrogen-bond acceptors (Lipinski definition) is 3. The smallest absolute Gasteiger partial charge is 0.125 e. The Morgan fingerprint density at radius 2 is 2.07 bits per heavy atom. The summed E-state index contributed by atoms with van der Waals surface area (Å²) in [6.07, 6.45) is -1.01. The average molecular weight is 219 g/mol. The molecule has 1 aromatic carbocycles. The molecule has 14 heavy (non-hydrogen) atoms. The number of nitrogens with two attached hydrogens (primary N) is 2. The van der Waals surface area contributed by atoms with Gasteiger partial charge in [-0.25, -0.2) is 4.39 Å². The number of hydrogen-bond donors (Lipinski definition) is 3. The summed E-state index contributed by atoms with van der Waals surface area (Å²) in [4.78, 5) is 0. The van der Waals surface area contributed by atoms with E-state index < -0.39 is 18.0 Å². The van der Waals surface area contributed by atoms with Crippen molar-refractivity contribution in [2.24, 2.45) is 5.73 Å². The lowest BCUT2D eigenvalue weighted by Crippen LogP contribution is -2.25. The predicted molar refractivity (Wildman–Crippen MR) is 54.4 cm³/mol. The van der Waals surface area contributed by atoms with Crippen LogP contribution in [-0.2, 0) is 0 Å². The van der Waals surface area contributed by atoms with Gasteiger partial charge in [-0.15, -0.1) is 0 Å². The topological polar surface area (TPSA) is 72.3 Å². The Morgan fingerprint density at radius 1 is 1.50 bits per heavy atom. The number of rotatable bonds is 2. The van der Waals surface area contributed by atoms with E-state index >= 15 is 0 Å². The first-order valence-corrected chi connectivity index (χ1v) is 4.49. The van der Waals surface area contributed by atoms with Crippen molar-refractivity contribution in [2.75, 3.05) is 5.73 Å². The Kier molecular flexibility index (Phi) is 3.31. The second-order valence-electron chi connectivity index (χ2n) is 3.19. The van der Waals surface area contributed by atoms with E-state index in [0.717, 1.165) is 12.1 Å². The van der Waals surface area contributed by atoms with E-state index in [1.165, 1.54) is 0 Å². The van der Waals surface area contributed by atoms with Crippen LogP contribution < -0.4 is 11.5 Å². The zero-order chi connectivity index (χ0) is 10.9. The van der Waals surface area contributed by atoms with Crippen LogP contribution in [0.15, 0.2) is 12.1 Å². The Balaban J connectivity index is 3.20. The third-order valence-electron chi connectivity index (χ3n) is 1.94. The summed E-state index contributed by atoms with van der Waals surface area (Å²) in [7, 11) is 0. The molecular weight excluding hydrogens is 207 g/mol. The molecule has 0 saturated carbocycles. The van der Waals surface area contributed by atoms with Crippen molar-refractivity contribution in [2.45, 2.75) is 19.1 Å². The molecule has 0 spiro atoms. The highest BCUT2D eigenvalue weighted by Gasteiger charge is 2.18. The molecule has 3 nitrogen and oxygen atoms in total. The minimum Gasteiger partial charge on any atom is -0.397 e. The van der Waals surface area contributed by atoms with Crippen LogP contribution in [0.3, 0.4) is 0 Å². The second-order valence-corrected chi connectivity index (χ2v) is 3.60. The van der Waals surface area contributed by atoms with E-state index in [4.69, 9.17) is 23.1 Å². The minimum atomic E-state index is -1.01. The Morgan fingerprint density at radius 3 is 2.57 bits per heavy atom. The molecule has 1 aromatic rings. The third-order valence-corrected chi connectivity index (χ3v) is 2.26. The summed E-state index contributed by atoms with van der Waals surface area (Å²) in [5, 5.41) is 9.68.